The Morgan fingerprint density at radius 2 is 2.20 bits per heavy atom. The van der Waals surface area contributed by atoms with E-state index in [9.17, 15) is 0 Å². The smallest absolute Gasteiger partial charge is 0.128 e. The van der Waals surface area contributed by atoms with Crippen molar-refractivity contribution in [2.24, 2.45) is 5.73 Å². The monoisotopic (exact) mass is 274 g/mol. The molecular weight excluding hydrogens is 252 g/mol. The third kappa shape index (κ3) is 3.39. The molecule has 2 aromatic heterocycles. The second kappa shape index (κ2) is 6.57. The zero-order chi connectivity index (χ0) is 14.5. The summed E-state index contributed by atoms with van der Waals surface area (Å²) < 4.78 is 10.7. The number of nitrogens with two attached hydrogens (primary N) is 1. The highest BCUT2D eigenvalue weighted by atomic mass is 16.5. The fourth-order valence-electron chi connectivity index (χ4n) is 2.41. The molecule has 0 aliphatic heterocycles. The molecule has 1 unspecified atom stereocenters. The van der Waals surface area contributed by atoms with Crippen molar-refractivity contribution in [1.82, 2.24) is 4.98 Å². The Balaban J connectivity index is 1.99. The molecule has 2 N–H and O–H groups in total. The van der Waals surface area contributed by atoms with Crippen LogP contribution in [0, 0.1) is 13.8 Å². The number of ether oxygens (including phenoxy) is 1. The van der Waals surface area contributed by atoms with Crippen LogP contribution in [0.1, 0.15) is 29.0 Å². The third-order valence-corrected chi connectivity index (χ3v) is 3.55. The van der Waals surface area contributed by atoms with Crippen molar-refractivity contribution >= 4 is 0 Å². The van der Waals surface area contributed by atoms with Crippen LogP contribution in [0.3, 0.4) is 0 Å². The topological polar surface area (TPSA) is 61.3 Å². The molecule has 0 saturated carbocycles. The molecule has 4 nitrogen and oxygen atoms in total. The van der Waals surface area contributed by atoms with Gasteiger partial charge in [-0.2, -0.15) is 0 Å². The van der Waals surface area contributed by atoms with Crippen LogP contribution in [0.2, 0.25) is 0 Å². The van der Waals surface area contributed by atoms with E-state index in [4.69, 9.17) is 14.9 Å². The lowest BCUT2D eigenvalue weighted by Gasteiger charge is -2.15. The van der Waals surface area contributed by atoms with Gasteiger partial charge in [-0.05, 0) is 32.4 Å². The molecule has 0 aliphatic rings. The van der Waals surface area contributed by atoms with Crippen LogP contribution >= 0.6 is 0 Å². The first-order chi connectivity index (χ1) is 9.61. The van der Waals surface area contributed by atoms with E-state index in [0.29, 0.717) is 0 Å². The fourth-order valence-corrected chi connectivity index (χ4v) is 2.41. The van der Waals surface area contributed by atoms with Crippen molar-refractivity contribution in [3.8, 4) is 5.75 Å². The summed E-state index contributed by atoms with van der Waals surface area (Å²) >= 11 is 0. The van der Waals surface area contributed by atoms with Crippen LogP contribution in [-0.2, 0) is 12.8 Å². The zero-order valence-electron chi connectivity index (χ0n) is 12.3. The summed E-state index contributed by atoms with van der Waals surface area (Å²) in [6.07, 6.45) is 6.03. The van der Waals surface area contributed by atoms with E-state index in [-0.39, 0.29) is 6.04 Å². The van der Waals surface area contributed by atoms with Gasteiger partial charge < -0.3 is 14.9 Å². The lowest BCUT2D eigenvalue weighted by atomic mass is 10.0. The van der Waals surface area contributed by atoms with E-state index in [0.717, 1.165) is 47.6 Å². The van der Waals surface area contributed by atoms with Gasteiger partial charge in [0.2, 0.25) is 0 Å². The number of pyridine rings is 1. The summed E-state index contributed by atoms with van der Waals surface area (Å²) in [5, 5.41) is 0. The van der Waals surface area contributed by atoms with Crippen molar-refractivity contribution < 1.29 is 9.15 Å². The Bertz CT molecular complexity index is 550. The predicted octanol–water partition coefficient (Wildman–Crippen LogP) is 2.80. The molecule has 0 radical (unpaired) electrons. The van der Waals surface area contributed by atoms with Crippen LogP contribution in [0.15, 0.2) is 29.0 Å². The van der Waals surface area contributed by atoms with Gasteiger partial charge in [0.25, 0.3) is 0 Å². The summed E-state index contributed by atoms with van der Waals surface area (Å²) in [7, 11) is 1.69. The maximum absolute atomic E-state index is 6.20. The van der Waals surface area contributed by atoms with E-state index in [1.54, 1.807) is 13.4 Å². The van der Waals surface area contributed by atoms with Gasteiger partial charge in [0.1, 0.15) is 11.5 Å². The molecule has 0 fully saturated rings. The van der Waals surface area contributed by atoms with Gasteiger partial charge in [-0.25, -0.2) is 0 Å². The van der Waals surface area contributed by atoms with Crippen molar-refractivity contribution in [2.75, 3.05) is 7.11 Å². The normalized spacial score (nSPS) is 12.4. The Kier molecular flexibility index (Phi) is 4.79. The summed E-state index contributed by atoms with van der Waals surface area (Å²) in [5.41, 5.74) is 9.35. The number of rotatable bonds is 6. The minimum atomic E-state index is 0.0683. The Morgan fingerprint density at radius 3 is 2.85 bits per heavy atom. The van der Waals surface area contributed by atoms with E-state index >= 15 is 0 Å². The van der Waals surface area contributed by atoms with Crippen molar-refractivity contribution in [2.45, 2.75) is 39.2 Å². The number of furan rings is 1. The van der Waals surface area contributed by atoms with Gasteiger partial charge >= 0.3 is 0 Å². The molecule has 2 heterocycles. The van der Waals surface area contributed by atoms with Crippen LogP contribution in [-0.4, -0.2) is 18.1 Å². The van der Waals surface area contributed by atoms with Crippen LogP contribution in [0.4, 0.5) is 0 Å². The van der Waals surface area contributed by atoms with Gasteiger partial charge in [0.15, 0.2) is 0 Å². The first kappa shape index (κ1) is 14.6. The van der Waals surface area contributed by atoms with Crippen molar-refractivity contribution in [1.29, 1.82) is 0 Å². The number of methoxy groups -OCH3 is 1. The number of hydrogen-bond acceptors (Lipinski definition) is 4. The molecular formula is C16H22N2O2. The molecule has 0 aromatic carbocycles. The quantitative estimate of drug-likeness (QED) is 0.880. The average Bonchev–Trinajstić information content (AvgIpc) is 2.94. The predicted molar refractivity (Wildman–Crippen MR) is 79.0 cm³/mol. The number of hydrogen-bond donors (Lipinski definition) is 1. The second-order valence-corrected chi connectivity index (χ2v) is 5.13. The van der Waals surface area contributed by atoms with E-state index in [1.807, 2.05) is 32.2 Å². The highest BCUT2D eigenvalue weighted by Gasteiger charge is 2.13. The number of aromatic nitrogens is 1. The molecule has 0 bridgehead atoms. The van der Waals surface area contributed by atoms with Gasteiger partial charge in [-0.15, -0.1) is 0 Å². The van der Waals surface area contributed by atoms with Crippen LogP contribution in [0.25, 0.3) is 0 Å². The summed E-state index contributed by atoms with van der Waals surface area (Å²) in [4.78, 5) is 4.49. The minimum absolute atomic E-state index is 0.0683. The molecule has 108 valence electrons. The number of aryl methyl sites for hydroxylation is 2. The maximum Gasteiger partial charge on any atom is 0.128 e. The molecule has 0 saturated heterocycles. The molecule has 1 atom stereocenters. The largest absolute Gasteiger partial charge is 0.496 e. The Hall–Kier alpha value is -1.81. The van der Waals surface area contributed by atoms with Crippen molar-refractivity contribution in [3.63, 3.8) is 0 Å². The first-order valence-corrected chi connectivity index (χ1v) is 6.88. The van der Waals surface area contributed by atoms with Gasteiger partial charge in [-0.3, -0.25) is 4.98 Å². The molecule has 20 heavy (non-hydrogen) atoms. The van der Waals surface area contributed by atoms with Crippen LogP contribution < -0.4 is 10.5 Å². The fraction of sp³-hybridized carbons (Fsp3) is 0.438. The third-order valence-electron chi connectivity index (χ3n) is 3.55. The van der Waals surface area contributed by atoms with E-state index in [1.165, 1.54) is 0 Å². The maximum atomic E-state index is 6.20. The van der Waals surface area contributed by atoms with Crippen molar-refractivity contribution in [3.05, 3.63) is 47.2 Å². The Labute approximate surface area is 120 Å². The molecule has 0 spiro atoms. The lowest BCUT2D eigenvalue weighted by Crippen LogP contribution is -2.24. The Morgan fingerprint density at radius 1 is 1.40 bits per heavy atom. The van der Waals surface area contributed by atoms with Gasteiger partial charge in [-0.1, -0.05) is 0 Å². The average molecular weight is 274 g/mol. The highest BCUT2D eigenvalue weighted by Crippen LogP contribution is 2.24. The summed E-state index contributed by atoms with van der Waals surface area (Å²) in [6, 6.07) is 3.95. The molecule has 0 amide bonds. The zero-order valence-corrected chi connectivity index (χ0v) is 12.3. The van der Waals surface area contributed by atoms with Gasteiger partial charge in [0, 0.05) is 41.9 Å². The lowest BCUT2D eigenvalue weighted by molar-refractivity contribution is 0.406. The standard InChI is InChI=1S/C16H22N2O2/c1-11-10-18-15(12(2)16(11)19-3)9-13(17)6-7-14-5-4-8-20-14/h4-5,8,10,13H,6-7,9,17H2,1-3H3. The van der Waals surface area contributed by atoms with Crippen LogP contribution in [0.5, 0.6) is 5.75 Å². The molecule has 4 heteroatoms. The van der Waals surface area contributed by atoms with E-state index in [2.05, 4.69) is 4.98 Å². The highest BCUT2D eigenvalue weighted by molar-refractivity contribution is 5.41. The molecule has 0 aliphatic carbocycles. The number of nitrogens with zero attached hydrogens (tertiary/aromatic N) is 1. The van der Waals surface area contributed by atoms with Gasteiger partial charge in [0.05, 0.1) is 13.4 Å². The summed E-state index contributed by atoms with van der Waals surface area (Å²) in [6.45, 7) is 4.03. The summed E-state index contributed by atoms with van der Waals surface area (Å²) in [5.74, 6) is 1.89. The minimum Gasteiger partial charge on any atom is -0.496 e. The molecule has 2 rings (SSSR count). The SMILES string of the molecule is COc1c(C)cnc(CC(N)CCc2ccco2)c1C. The second-order valence-electron chi connectivity index (χ2n) is 5.13. The molecule has 2 aromatic rings. The first-order valence-electron chi connectivity index (χ1n) is 6.88. The van der Waals surface area contributed by atoms with E-state index < -0.39 is 0 Å².